The zero-order valence-corrected chi connectivity index (χ0v) is 11.3. The summed E-state index contributed by atoms with van der Waals surface area (Å²) in [4.78, 5) is 24.8. The number of rotatable bonds is 3. The van der Waals surface area contributed by atoms with Gasteiger partial charge in [0.25, 0.3) is 0 Å². The summed E-state index contributed by atoms with van der Waals surface area (Å²) >= 11 is 6.02. The maximum Gasteiger partial charge on any atom is 0.308 e. The minimum Gasteiger partial charge on any atom is -0.481 e. The molecule has 1 saturated heterocycles. The maximum atomic E-state index is 12.2. The summed E-state index contributed by atoms with van der Waals surface area (Å²) in [5, 5.41) is 9.58. The van der Waals surface area contributed by atoms with Crippen LogP contribution in [-0.4, -0.2) is 35.0 Å². The third-order valence-electron chi connectivity index (χ3n) is 3.42. The lowest BCUT2D eigenvalue weighted by Gasteiger charge is -2.30. The van der Waals surface area contributed by atoms with Crippen molar-refractivity contribution in [3.8, 4) is 0 Å². The summed E-state index contributed by atoms with van der Waals surface area (Å²) in [6.07, 6.45) is 1.61. The van der Waals surface area contributed by atoms with Gasteiger partial charge in [0.15, 0.2) is 0 Å². The standard InChI is InChI=1S/C14H16ClNO3/c15-12-6-2-1-4-10(12)8-13(17)16-7-3-5-11(9-16)14(18)19/h1-2,4,6,11H,3,5,7-9H2,(H,18,19)/t11-/m0/s1. The van der Waals surface area contributed by atoms with Gasteiger partial charge in [0.2, 0.25) is 5.91 Å². The molecule has 1 amide bonds. The Morgan fingerprint density at radius 3 is 2.79 bits per heavy atom. The van der Waals surface area contributed by atoms with Gasteiger partial charge in [0.1, 0.15) is 0 Å². The zero-order valence-electron chi connectivity index (χ0n) is 10.5. The lowest BCUT2D eigenvalue weighted by Crippen LogP contribution is -2.43. The van der Waals surface area contributed by atoms with Gasteiger partial charge in [0, 0.05) is 18.1 Å². The Labute approximate surface area is 117 Å². The first-order valence-electron chi connectivity index (χ1n) is 6.32. The number of amides is 1. The molecular formula is C14H16ClNO3. The largest absolute Gasteiger partial charge is 0.481 e. The van der Waals surface area contributed by atoms with E-state index in [9.17, 15) is 9.59 Å². The summed E-state index contributed by atoms with van der Waals surface area (Å²) in [5.41, 5.74) is 0.784. The topological polar surface area (TPSA) is 57.6 Å². The highest BCUT2D eigenvalue weighted by molar-refractivity contribution is 6.31. The fourth-order valence-electron chi connectivity index (χ4n) is 2.32. The van der Waals surface area contributed by atoms with Gasteiger partial charge in [-0.05, 0) is 24.5 Å². The molecule has 102 valence electrons. The average Bonchev–Trinajstić information content (AvgIpc) is 2.41. The highest BCUT2D eigenvalue weighted by Gasteiger charge is 2.28. The van der Waals surface area contributed by atoms with E-state index in [1.165, 1.54) is 0 Å². The Kier molecular flexibility index (Phi) is 4.43. The Morgan fingerprint density at radius 2 is 2.11 bits per heavy atom. The molecule has 0 bridgehead atoms. The van der Waals surface area contributed by atoms with Crippen LogP contribution in [0.3, 0.4) is 0 Å². The third kappa shape index (κ3) is 3.47. The molecule has 4 nitrogen and oxygen atoms in total. The SMILES string of the molecule is O=C(O)[C@H]1CCCN(C(=O)Cc2ccccc2Cl)C1. The minimum absolute atomic E-state index is 0.0564. The first-order chi connectivity index (χ1) is 9.08. The third-order valence-corrected chi connectivity index (χ3v) is 3.79. The summed E-state index contributed by atoms with van der Waals surface area (Å²) < 4.78 is 0. The van der Waals surface area contributed by atoms with Gasteiger partial charge in [0.05, 0.1) is 12.3 Å². The second-order valence-electron chi connectivity index (χ2n) is 4.79. The Morgan fingerprint density at radius 1 is 1.37 bits per heavy atom. The van der Waals surface area contributed by atoms with E-state index in [2.05, 4.69) is 0 Å². The summed E-state index contributed by atoms with van der Waals surface area (Å²) in [5.74, 6) is -1.32. The van der Waals surface area contributed by atoms with Gasteiger partial charge < -0.3 is 10.0 Å². The van der Waals surface area contributed by atoms with Gasteiger partial charge >= 0.3 is 5.97 Å². The molecule has 1 aromatic rings. The molecule has 0 spiro atoms. The monoisotopic (exact) mass is 281 g/mol. The predicted octanol–water partition coefficient (Wildman–Crippen LogP) is 2.21. The molecule has 0 radical (unpaired) electrons. The van der Waals surface area contributed by atoms with Gasteiger partial charge in [-0.1, -0.05) is 29.8 Å². The highest BCUT2D eigenvalue weighted by atomic mass is 35.5. The molecule has 1 heterocycles. The van der Waals surface area contributed by atoms with E-state index in [0.29, 0.717) is 24.5 Å². The van der Waals surface area contributed by atoms with Crippen LogP contribution in [0.5, 0.6) is 0 Å². The number of likely N-dealkylation sites (tertiary alicyclic amines) is 1. The van der Waals surface area contributed by atoms with Crippen molar-refractivity contribution in [3.05, 3.63) is 34.9 Å². The van der Waals surface area contributed by atoms with E-state index in [-0.39, 0.29) is 12.3 Å². The molecule has 1 atom stereocenters. The Balaban J connectivity index is 2.00. The van der Waals surface area contributed by atoms with E-state index in [0.717, 1.165) is 12.0 Å². The van der Waals surface area contributed by atoms with E-state index < -0.39 is 11.9 Å². The molecule has 0 unspecified atom stereocenters. The number of benzene rings is 1. The van der Waals surface area contributed by atoms with Gasteiger partial charge in [-0.2, -0.15) is 0 Å². The first kappa shape index (κ1) is 13.9. The number of aliphatic carboxylic acids is 1. The van der Waals surface area contributed by atoms with Crippen molar-refractivity contribution >= 4 is 23.5 Å². The van der Waals surface area contributed by atoms with Crippen LogP contribution >= 0.6 is 11.6 Å². The first-order valence-corrected chi connectivity index (χ1v) is 6.69. The molecule has 1 N–H and O–H groups in total. The molecule has 19 heavy (non-hydrogen) atoms. The molecule has 1 aromatic carbocycles. The number of carboxylic acids is 1. The fraction of sp³-hybridized carbons (Fsp3) is 0.429. The zero-order chi connectivity index (χ0) is 13.8. The van der Waals surface area contributed by atoms with Crippen LogP contribution in [-0.2, 0) is 16.0 Å². The van der Waals surface area contributed by atoms with Crippen LogP contribution in [0.2, 0.25) is 5.02 Å². The van der Waals surface area contributed by atoms with Crippen molar-refractivity contribution in [1.29, 1.82) is 0 Å². The molecular weight excluding hydrogens is 266 g/mol. The molecule has 0 aliphatic carbocycles. The van der Waals surface area contributed by atoms with Crippen molar-refractivity contribution in [2.24, 2.45) is 5.92 Å². The van der Waals surface area contributed by atoms with E-state index >= 15 is 0 Å². The number of piperidine rings is 1. The molecule has 0 aromatic heterocycles. The van der Waals surface area contributed by atoms with E-state index in [1.807, 2.05) is 18.2 Å². The summed E-state index contributed by atoms with van der Waals surface area (Å²) in [7, 11) is 0. The number of hydrogen-bond acceptors (Lipinski definition) is 2. The van der Waals surface area contributed by atoms with Crippen molar-refractivity contribution in [1.82, 2.24) is 4.90 Å². The van der Waals surface area contributed by atoms with E-state index in [4.69, 9.17) is 16.7 Å². The molecule has 1 aliphatic rings. The van der Waals surface area contributed by atoms with Crippen molar-refractivity contribution in [2.75, 3.05) is 13.1 Å². The van der Waals surface area contributed by atoms with Crippen LogP contribution < -0.4 is 0 Å². The average molecular weight is 282 g/mol. The van der Waals surface area contributed by atoms with Crippen LogP contribution in [0.1, 0.15) is 18.4 Å². The van der Waals surface area contributed by atoms with Crippen molar-refractivity contribution in [2.45, 2.75) is 19.3 Å². The van der Waals surface area contributed by atoms with Crippen LogP contribution in [0.25, 0.3) is 0 Å². The lowest BCUT2D eigenvalue weighted by atomic mass is 9.97. The second kappa shape index (κ2) is 6.06. The number of carbonyl (C=O) groups excluding carboxylic acids is 1. The maximum absolute atomic E-state index is 12.2. The van der Waals surface area contributed by atoms with Gasteiger partial charge in [-0.25, -0.2) is 0 Å². The number of carboxylic acid groups (broad SMARTS) is 1. The van der Waals surface area contributed by atoms with Crippen LogP contribution in [0, 0.1) is 5.92 Å². The quantitative estimate of drug-likeness (QED) is 0.924. The lowest BCUT2D eigenvalue weighted by molar-refractivity contribution is -0.145. The number of halogens is 1. The minimum atomic E-state index is -0.824. The van der Waals surface area contributed by atoms with Crippen LogP contribution in [0.4, 0.5) is 0 Å². The molecule has 1 fully saturated rings. The van der Waals surface area contributed by atoms with E-state index in [1.54, 1.807) is 11.0 Å². The van der Waals surface area contributed by atoms with Crippen LogP contribution in [0.15, 0.2) is 24.3 Å². The fourth-order valence-corrected chi connectivity index (χ4v) is 2.52. The highest BCUT2D eigenvalue weighted by Crippen LogP contribution is 2.20. The second-order valence-corrected chi connectivity index (χ2v) is 5.19. The molecule has 2 rings (SSSR count). The predicted molar refractivity (Wildman–Crippen MR) is 72.1 cm³/mol. The molecule has 5 heteroatoms. The smallest absolute Gasteiger partial charge is 0.308 e. The van der Waals surface area contributed by atoms with Gasteiger partial charge in [-0.15, -0.1) is 0 Å². The molecule has 1 aliphatic heterocycles. The Hall–Kier alpha value is -1.55. The summed E-state index contributed by atoms with van der Waals surface area (Å²) in [6, 6.07) is 7.22. The normalized spacial score (nSPS) is 19.2. The number of hydrogen-bond donors (Lipinski definition) is 1. The summed E-state index contributed by atoms with van der Waals surface area (Å²) in [6.45, 7) is 0.936. The number of nitrogens with zero attached hydrogens (tertiary/aromatic N) is 1. The number of carbonyl (C=O) groups is 2. The van der Waals surface area contributed by atoms with Crippen molar-refractivity contribution < 1.29 is 14.7 Å². The molecule has 0 saturated carbocycles. The van der Waals surface area contributed by atoms with Gasteiger partial charge in [-0.3, -0.25) is 9.59 Å². The van der Waals surface area contributed by atoms with Crippen molar-refractivity contribution in [3.63, 3.8) is 0 Å². The Bertz CT molecular complexity index is 489.